The molecule has 0 spiro atoms. The van der Waals surface area contributed by atoms with Gasteiger partial charge < -0.3 is 10.0 Å². The van der Waals surface area contributed by atoms with Crippen LogP contribution in [0.3, 0.4) is 0 Å². The van der Waals surface area contributed by atoms with Crippen molar-refractivity contribution in [3.63, 3.8) is 0 Å². The number of hydrogen-bond acceptors (Lipinski definition) is 6. The second kappa shape index (κ2) is 7.69. The van der Waals surface area contributed by atoms with E-state index in [2.05, 4.69) is 20.3 Å². The fourth-order valence-electron chi connectivity index (χ4n) is 3.01. The van der Waals surface area contributed by atoms with Crippen molar-refractivity contribution < 1.29 is 9.90 Å². The minimum absolute atomic E-state index is 0.00162. The zero-order valence-corrected chi connectivity index (χ0v) is 14.7. The fraction of sp³-hybridized carbons (Fsp3) is 0.588. The number of nitrogens with zero attached hydrogens (tertiary/aromatic N) is 6. The van der Waals surface area contributed by atoms with Crippen LogP contribution in [-0.4, -0.2) is 54.0 Å². The second-order valence-corrected chi connectivity index (χ2v) is 6.52. The van der Waals surface area contributed by atoms with E-state index in [1.54, 1.807) is 30.2 Å². The maximum atomic E-state index is 12.5. The summed E-state index contributed by atoms with van der Waals surface area (Å²) in [5.74, 6) is 1.20. The van der Waals surface area contributed by atoms with Gasteiger partial charge in [0.1, 0.15) is 11.5 Å². The quantitative estimate of drug-likeness (QED) is 0.876. The van der Waals surface area contributed by atoms with Gasteiger partial charge in [0, 0.05) is 38.4 Å². The van der Waals surface area contributed by atoms with Gasteiger partial charge in [0.15, 0.2) is 0 Å². The molecule has 134 valence electrons. The molecular weight excluding hydrogens is 320 g/mol. The van der Waals surface area contributed by atoms with Crippen LogP contribution in [0.5, 0.6) is 0 Å². The van der Waals surface area contributed by atoms with Crippen LogP contribution in [0, 0.1) is 5.92 Å². The average Bonchev–Trinajstić information content (AvgIpc) is 3.11. The minimum atomic E-state index is -0.602. The molecule has 2 aromatic rings. The minimum Gasteiger partial charge on any atom is -0.387 e. The first-order chi connectivity index (χ1) is 12.1. The number of likely N-dealkylation sites (tertiary alicyclic amines) is 1. The number of hydrogen-bond donors (Lipinski definition) is 1. The number of rotatable bonds is 5. The number of aryl methyl sites for hydroxylation is 1. The Morgan fingerprint density at radius 2 is 2.00 bits per heavy atom. The maximum Gasteiger partial charge on any atom is 0.256 e. The molecule has 25 heavy (non-hydrogen) atoms. The molecule has 1 fully saturated rings. The van der Waals surface area contributed by atoms with Gasteiger partial charge in [0.2, 0.25) is 0 Å². The third-order valence-corrected chi connectivity index (χ3v) is 4.60. The average molecular weight is 344 g/mol. The second-order valence-electron chi connectivity index (χ2n) is 6.52. The molecule has 0 aliphatic carbocycles. The summed E-state index contributed by atoms with van der Waals surface area (Å²) >= 11 is 0. The highest BCUT2D eigenvalue weighted by molar-refractivity contribution is 5.93. The Morgan fingerprint density at radius 3 is 2.56 bits per heavy atom. The van der Waals surface area contributed by atoms with Gasteiger partial charge in [-0.05, 0) is 25.7 Å². The van der Waals surface area contributed by atoms with E-state index in [0.717, 1.165) is 44.7 Å². The first-order valence-electron chi connectivity index (χ1n) is 8.75. The van der Waals surface area contributed by atoms with E-state index in [1.165, 1.54) is 0 Å². The zero-order valence-electron chi connectivity index (χ0n) is 14.7. The molecule has 8 nitrogen and oxygen atoms in total. The van der Waals surface area contributed by atoms with Crippen molar-refractivity contribution in [1.82, 2.24) is 29.9 Å². The third-order valence-electron chi connectivity index (χ3n) is 4.60. The van der Waals surface area contributed by atoms with E-state index < -0.39 is 6.10 Å². The third kappa shape index (κ3) is 4.19. The van der Waals surface area contributed by atoms with Gasteiger partial charge in [0.25, 0.3) is 5.91 Å². The van der Waals surface area contributed by atoms with Crippen LogP contribution >= 0.6 is 0 Å². The largest absolute Gasteiger partial charge is 0.387 e. The number of piperidine rings is 1. The van der Waals surface area contributed by atoms with Crippen molar-refractivity contribution in [2.75, 3.05) is 13.1 Å². The highest BCUT2D eigenvalue weighted by atomic mass is 16.3. The SMILES string of the molecule is CCc1ncc(C(=O)N2CCC(Cn3cc(C(C)O)nn3)CC2)cn1. The predicted molar refractivity (Wildman–Crippen MR) is 90.7 cm³/mol. The molecule has 1 N–H and O–H groups in total. The molecule has 0 saturated carbocycles. The lowest BCUT2D eigenvalue weighted by atomic mass is 9.96. The van der Waals surface area contributed by atoms with Gasteiger partial charge in [-0.3, -0.25) is 9.48 Å². The summed E-state index contributed by atoms with van der Waals surface area (Å²) in [6, 6.07) is 0. The molecular formula is C17H24N6O2. The van der Waals surface area contributed by atoms with Crippen molar-refractivity contribution in [3.05, 3.63) is 35.7 Å². The summed E-state index contributed by atoms with van der Waals surface area (Å²) < 4.78 is 1.78. The molecule has 1 saturated heterocycles. The molecule has 1 unspecified atom stereocenters. The molecule has 0 aromatic carbocycles. The number of carbonyl (C=O) groups excluding carboxylic acids is 1. The first-order valence-corrected chi connectivity index (χ1v) is 8.75. The molecule has 1 atom stereocenters. The Kier molecular flexibility index (Phi) is 5.37. The molecule has 1 aliphatic heterocycles. The van der Waals surface area contributed by atoms with Crippen molar-refractivity contribution in [2.24, 2.45) is 5.92 Å². The summed E-state index contributed by atoms with van der Waals surface area (Å²) in [6.45, 7) is 5.86. The van der Waals surface area contributed by atoms with E-state index in [9.17, 15) is 9.90 Å². The lowest BCUT2D eigenvalue weighted by Crippen LogP contribution is -2.39. The highest BCUT2D eigenvalue weighted by Gasteiger charge is 2.24. The fourth-order valence-corrected chi connectivity index (χ4v) is 3.01. The Morgan fingerprint density at radius 1 is 1.32 bits per heavy atom. The summed E-state index contributed by atoms with van der Waals surface area (Å²) in [6.07, 6.45) is 7.02. The highest BCUT2D eigenvalue weighted by Crippen LogP contribution is 2.20. The normalized spacial score (nSPS) is 16.8. The van der Waals surface area contributed by atoms with Crippen LogP contribution in [0.15, 0.2) is 18.6 Å². The van der Waals surface area contributed by atoms with Gasteiger partial charge in [-0.2, -0.15) is 0 Å². The smallest absolute Gasteiger partial charge is 0.256 e. The topological polar surface area (TPSA) is 97.0 Å². The van der Waals surface area contributed by atoms with Gasteiger partial charge in [-0.1, -0.05) is 12.1 Å². The zero-order chi connectivity index (χ0) is 17.8. The van der Waals surface area contributed by atoms with E-state index >= 15 is 0 Å². The molecule has 3 rings (SSSR count). The van der Waals surface area contributed by atoms with E-state index in [4.69, 9.17) is 0 Å². The maximum absolute atomic E-state index is 12.5. The first kappa shape index (κ1) is 17.5. The molecule has 3 heterocycles. The Bertz CT molecular complexity index is 704. The van der Waals surface area contributed by atoms with Gasteiger partial charge in [-0.25, -0.2) is 9.97 Å². The van der Waals surface area contributed by atoms with Gasteiger partial charge in [0.05, 0.1) is 17.9 Å². The van der Waals surface area contributed by atoms with Crippen molar-refractivity contribution in [1.29, 1.82) is 0 Å². The molecule has 0 bridgehead atoms. The predicted octanol–water partition coefficient (Wildman–Crippen LogP) is 1.24. The number of amides is 1. The van der Waals surface area contributed by atoms with Crippen molar-refractivity contribution in [2.45, 2.75) is 45.8 Å². The summed E-state index contributed by atoms with van der Waals surface area (Å²) in [7, 11) is 0. The number of aliphatic hydroxyl groups excluding tert-OH is 1. The summed E-state index contributed by atoms with van der Waals surface area (Å²) in [5.41, 5.74) is 1.14. The Balaban J connectivity index is 1.52. The molecule has 1 aliphatic rings. The van der Waals surface area contributed by atoms with Crippen LogP contribution < -0.4 is 0 Å². The lowest BCUT2D eigenvalue weighted by Gasteiger charge is -2.31. The summed E-state index contributed by atoms with van der Waals surface area (Å²) in [5, 5.41) is 17.5. The van der Waals surface area contributed by atoms with Gasteiger partial charge >= 0.3 is 0 Å². The van der Waals surface area contributed by atoms with E-state index in [-0.39, 0.29) is 5.91 Å². The number of aromatic nitrogens is 5. The van der Waals surface area contributed by atoms with Crippen LogP contribution in [-0.2, 0) is 13.0 Å². The molecule has 1 amide bonds. The molecule has 8 heteroatoms. The van der Waals surface area contributed by atoms with E-state index in [1.807, 2.05) is 11.8 Å². The van der Waals surface area contributed by atoms with Crippen LogP contribution in [0.4, 0.5) is 0 Å². The van der Waals surface area contributed by atoms with Crippen molar-refractivity contribution >= 4 is 5.91 Å². The molecule has 0 radical (unpaired) electrons. The Labute approximate surface area is 146 Å². The Hall–Kier alpha value is -2.35. The molecule has 2 aromatic heterocycles. The lowest BCUT2D eigenvalue weighted by molar-refractivity contribution is 0.0680. The van der Waals surface area contributed by atoms with E-state index in [0.29, 0.717) is 17.2 Å². The monoisotopic (exact) mass is 344 g/mol. The number of aliphatic hydroxyl groups is 1. The summed E-state index contributed by atoms with van der Waals surface area (Å²) in [4.78, 5) is 22.8. The van der Waals surface area contributed by atoms with Crippen LogP contribution in [0.1, 0.15) is 54.7 Å². The number of carbonyl (C=O) groups is 1. The van der Waals surface area contributed by atoms with Gasteiger partial charge in [-0.15, -0.1) is 5.10 Å². The van der Waals surface area contributed by atoms with Crippen molar-refractivity contribution in [3.8, 4) is 0 Å². The van der Waals surface area contributed by atoms with Crippen LogP contribution in [0.25, 0.3) is 0 Å². The standard InChI is InChI=1S/C17H24N6O2/c1-3-16-18-8-14(9-19-16)17(25)22-6-4-13(5-7-22)10-23-11-15(12(2)24)20-21-23/h8-9,11-13,24H,3-7,10H2,1-2H3. The van der Waals surface area contributed by atoms with Crippen LogP contribution in [0.2, 0.25) is 0 Å².